The summed E-state index contributed by atoms with van der Waals surface area (Å²) in [6, 6.07) is 0. The topological polar surface area (TPSA) is 3.24 Å². The van der Waals surface area contributed by atoms with Crippen LogP contribution in [0, 0.1) is 11.8 Å². The average Bonchev–Trinajstić information content (AvgIpc) is 2.32. The summed E-state index contributed by atoms with van der Waals surface area (Å²) in [5, 5.41) is 0. The van der Waals surface area contributed by atoms with Crippen LogP contribution in [0.4, 0.5) is 0 Å². The van der Waals surface area contributed by atoms with Crippen LogP contribution in [-0.2, 0) is 0 Å². The van der Waals surface area contributed by atoms with Crippen molar-refractivity contribution in [3.8, 4) is 0 Å². The summed E-state index contributed by atoms with van der Waals surface area (Å²) in [4.78, 5) is 2.67. The first-order valence-electron chi connectivity index (χ1n) is 7.12. The predicted octanol–water partition coefficient (Wildman–Crippen LogP) is 3.69. The van der Waals surface area contributed by atoms with E-state index in [-0.39, 0.29) is 0 Å². The van der Waals surface area contributed by atoms with E-state index < -0.39 is 0 Å². The van der Waals surface area contributed by atoms with Gasteiger partial charge in [-0.25, -0.2) is 0 Å². The molecule has 1 saturated carbocycles. The van der Waals surface area contributed by atoms with Gasteiger partial charge in [0.1, 0.15) is 0 Å². The Morgan fingerprint density at radius 3 is 2.07 bits per heavy atom. The number of rotatable bonds is 3. The van der Waals surface area contributed by atoms with E-state index in [0.29, 0.717) is 0 Å². The van der Waals surface area contributed by atoms with Crippen LogP contribution in [0.25, 0.3) is 0 Å². The minimum Gasteiger partial charge on any atom is -0.303 e. The Bertz CT molecular complexity index is 164. The number of likely N-dealkylation sites (tertiary alicyclic amines) is 1. The summed E-state index contributed by atoms with van der Waals surface area (Å²) in [6.07, 6.45) is 11.9. The molecule has 0 amide bonds. The van der Waals surface area contributed by atoms with Gasteiger partial charge < -0.3 is 4.90 Å². The first-order valence-corrected chi connectivity index (χ1v) is 7.12. The van der Waals surface area contributed by atoms with Crippen LogP contribution in [0.3, 0.4) is 0 Å². The highest BCUT2D eigenvalue weighted by Crippen LogP contribution is 2.35. The zero-order chi connectivity index (χ0) is 10.5. The molecule has 1 aliphatic carbocycles. The van der Waals surface area contributed by atoms with Gasteiger partial charge in [0.05, 0.1) is 0 Å². The van der Waals surface area contributed by atoms with Crippen molar-refractivity contribution in [3.05, 3.63) is 0 Å². The van der Waals surface area contributed by atoms with Crippen molar-refractivity contribution >= 4 is 0 Å². The first kappa shape index (κ1) is 11.4. The molecule has 88 valence electrons. The van der Waals surface area contributed by atoms with Crippen LogP contribution < -0.4 is 0 Å². The molecule has 0 atom stereocenters. The highest BCUT2D eigenvalue weighted by atomic mass is 15.1. The Balaban J connectivity index is 1.72. The average molecular weight is 209 g/mol. The van der Waals surface area contributed by atoms with Crippen molar-refractivity contribution in [1.82, 2.24) is 4.90 Å². The molecule has 2 fully saturated rings. The van der Waals surface area contributed by atoms with Gasteiger partial charge in [-0.15, -0.1) is 0 Å². The van der Waals surface area contributed by atoms with E-state index in [1.165, 1.54) is 58.2 Å². The third kappa shape index (κ3) is 3.21. The molecule has 0 unspecified atom stereocenters. The SMILES string of the molecule is CCCN1CCC(C2CCCCC2)CC1. The van der Waals surface area contributed by atoms with E-state index >= 15 is 0 Å². The largest absolute Gasteiger partial charge is 0.303 e. The standard InChI is InChI=1S/C14H27N/c1-2-10-15-11-8-14(9-12-15)13-6-4-3-5-7-13/h13-14H,2-12H2,1H3. The molecular weight excluding hydrogens is 182 g/mol. The van der Waals surface area contributed by atoms with Gasteiger partial charge in [-0.1, -0.05) is 39.0 Å². The van der Waals surface area contributed by atoms with Crippen LogP contribution in [-0.4, -0.2) is 24.5 Å². The fourth-order valence-electron chi connectivity index (χ4n) is 3.57. The number of piperidine rings is 1. The molecule has 2 aliphatic rings. The quantitative estimate of drug-likeness (QED) is 0.685. The summed E-state index contributed by atoms with van der Waals surface area (Å²) in [5.41, 5.74) is 0. The van der Waals surface area contributed by atoms with Gasteiger partial charge in [0.25, 0.3) is 0 Å². The summed E-state index contributed by atoms with van der Waals surface area (Å²) < 4.78 is 0. The summed E-state index contributed by atoms with van der Waals surface area (Å²) >= 11 is 0. The van der Waals surface area contributed by atoms with Crippen molar-refractivity contribution in [2.24, 2.45) is 11.8 Å². The Morgan fingerprint density at radius 2 is 1.47 bits per heavy atom. The smallest absolute Gasteiger partial charge is 0.00160 e. The molecule has 0 aromatic rings. The Labute approximate surface area is 95.2 Å². The molecule has 0 N–H and O–H groups in total. The van der Waals surface area contributed by atoms with Crippen molar-refractivity contribution in [3.63, 3.8) is 0 Å². The van der Waals surface area contributed by atoms with Gasteiger partial charge >= 0.3 is 0 Å². The van der Waals surface area contributed by atoms with Crippen molar-refractivity contribution in [1.29, 1.82) is 0 Å². The third-order valence-electron chi connectivity index (χ3n) is 4.49. The monoisotopic (exact) mass is 209 g/mol. The highest BCUT2D eigenvalue weighted by Gasteiger charge is 2.26. The fourth-order valence-corrected chi connectivity index (χ4v) is 3.57. The predicted molar refractivity (Wildman–Crippen MR) is 66.0 cm³/mol. The van der Waals surface area contributed by atoms with Gasteiger partial charge in [0.15, 0.2) is 0 Å². The molecule has 1 nitrogen and oxygen atoms in total. The number of nitrogens with zero attached hydrogens (tertiary/aromatic N) is 1. The van der Waals surface area contributed by atoms with Crippen LogP contribution in [0.5, 0.6) is 0 Å². The van der Waals surface area contributed by atoms with E-state index in [2.05, 4.69) is 11.8 Å². The molecular formula is C14H27N. The van der Waals surface area contributed by atoms with Crippen LogP contribution in [0.2, 0.25) is 0 Å². The molecule has 0 bridgehead atoms. The summed E-state index contributed by atoms with van der Waals surface area (Å²) in [7, 11) is 0. The lowest BCUT2D eigenvalue weighted by molar-refractivity contribution is 0.127. The van der Waals surface area contributed by atoms with Crippen LogP contribution in [0.15, 0.2) is 0 Å². The lowest BCUT2D eigenvalue weighted by Gasteiger charge is -2.37. The van der Waals surface area contributed by atoms with Gasteiger partial charge in [0.2, 0.25) is 0 Å². The minimum absolute atomic E-state index is 1.08. The maximum Gasteiger partial charge on any atom is -0.00160 e. The fraction of sp³-hybridized carbons (Fsp3) is 1.00. The van der Waals surface area contributed by atoms with E-state index in [0.717, 1.165) is 11.8 Å². The van der Waals surface area contributed by atoms with Crippen LogP contribution >= 0.6 is 0 Å². The van der Waals surface area contributed by atoms with E-state index in [1.54, 1.807) is 12.8 Å². The normalized spacial score (nSPS) is 27.0. The third-order valence-corrected chi connectivity index (χ3v) is 4.49. The molecule has 0 radical (unpaired) electrons. The van der Waals surface area contributed by atoms with E-state index in [4.69, 9.17) is 0 Å². The Morgan fingerprint density at radius 1 is 0.867 bits per heavy atom. The first-order chi connectivity index (χ1) is 7.40. The molecule has 1 heteroatoms. The molecule has 0 aromatic carbocycles. The van der Waals surface area contributed by atoms with Crippen molar-refractivity contribution < 1.29 is 0 Å². The maximum atomic E-state index is 2.67. The highest BCUT2D eigenvalue weighted by molar-refractivity contribution is 4.79. The second-order valence-electron chi connectivity index (χ2n) is 5.58. The summed E-state index contributed by atoms with van der Waals surface area (Å²) in [6.45, 7) is 6.40. The van der Waals surface area contributed by atoms with Crippen LogP contribution in [0.1, 0.15) is 58.3 Å². The molecule has 15 heavy (non-hydrogen) atoms. The van der Waals surface area contributed by atoms with Crippen molar-refractivity contribution in [2.75, 3.05) is 19.6 Å². The molecule has 1 saturated heterocycles. The minimum atomic E-state index is 1.08. The van der Waals surface area contributed by atoms with Gasteiger partial charge in [-0.2, -0.15) is 0 Å². The summed E-state index contributed by atoms with van der Waals surface area (Å²) in [5.74, 6) is 2.18. The van der Waals surface area contributed by atoms with Gasteiger partial charge in [-0.05, 0) is 50.7 Å². The second kappa shape index (κ2) is 5.89. The van der Waals surface area contributed by atoms with Gasteiger partial charge in [0, 0.05) is 0 Å². The van der Waals surface area contributed by atoms with E-state index in [9.17, 15) is 0 Å². The van der Waals surface area contributed by atoms with Crippen molar-refractivity contribution in [2.45, 2.75) is 58.3 Å². The zero-order valence-electron chi connectivity index (χ0n) is 10.4. The number of hydrogen-bond donors (Lipinski definition) is 0. The Kier molecular flexibility index (Phi) is 4.49. The second-order valence-corrected chi connectivity index (χ2v) is 5.58. The van der Waals surface area contributed by atoms with E-state index in [1.807, 2.05) is 0 Å². The van der Waals surface area contributed by atoms with Gasteiger partial charge in [-0.3, -0.25) is 0 Å². The lowest BCUT2D eigenvalue weighted by atomic mass is 9.76. The molecule has 1 aliphatic heterocycles. The molecule has 2 rings (SSSR count). The number of hydrogen-bond acceptors (Lipinski definition) is 1. The maximum absolute atomic E-state index is 2.67. The molecule has 0 aromatic heterocycles. The molecule has 0 spiro atoms. The Hall–Kier alpha value is -0.0400. The molecule has 1 heterocycles. The lowest BCUT2D eigenvalue weighted by Crippen LogP contribution is -2.36. The zero-order valence-corrected chi connectivity index (χ0v) is 10.4.